The van der Waals surface area contributed by atoms with Gasteiger partial charge in [0.1, 0.15) is 6.61 Å². The molecule has 2 atom stereocenters. The van der Waals surface area contributed by atoms with Crippen molar-refractivity contribution in [1.29, 1.82) is 0 Å². The Balaban J connectivity index is 1.60. The van der Waals surface area contributed by atoms with E-state index in [1.54, 1.807) is 0 Å². The average molecular weight is 287 g/mol. The first-order valence-corrected chi connectivity index (χ1v) is 8.03. The Labute approximate surface area is 127 Å². The maximum Gasteiger partial charge on any atom is 0.312 e. The first-order valence-electron chi connectivity index (χ1n) is 8.03. The first-order chi connectivity index (χ1) is 10.1. The summed E-state index contributed by atoms with van der Waals surface area (Å²) in [5.74, 6) is 0.372. The molecule has 114 valence electrons. The van der Waals surface area contributed by atoms with E-state index in [0.29, 0.717) is 24.6 Å². The lowest BCUT2D eigenvalue weighted by Gasteiger charge is -2.38. The molecular formula is C18H25NO2. The Morgan fingerprint density at radius 1 is 1.19 bits per heavy atom. The molecule has 2 fully saturated rings. The number of piperidine rings is 1. The van der Waals surface area contributed by atoms with E-state index in [2.05, 4.69) is 19.2 Å². The monoisotopic (exact) mass is 287 g/mol. The minimum absolute atomic E-state index is 0.0577. The highest BCUT2D eigenvalue weighted by Gasteiger charge is 2.44. The smallest absolute Gasteiger partial charge is 0.312 e. The summed E-state index contributed by atoms with van der Waals surface area (Å²) < 4.78 is 5.58. The molecule has 2 saturated heterocycles. The number of esters is 1. The van der Waals surface area contributed by atoms with E-state index >= 15 is 0 Å². The second-order valence-electron chi connectivity index (χ2n) is 7.09. The molecule has 1 aromatic rings. The molecule has 1 aromatic carbocycles. The summed E-state index contributed by atoms with van der Waals surface area (Å²) in [6, 6.07) is 11.1. The number of ether oxygens (including phenoxy) is 1. The van der Waals surface area contributed by atoms with Crippen LogP contribution in [0.2, 0.25) is 0 Å². The summed E-state index contributed by atoms with van der Waals surface area (Å²) in [5.41, 5.74) is 0.657. The number of carbonyl (C=O) groups is 1. The average Bonchev–Trinajstić information content (AvgIpc) is 2.84. The molecule has 2 bridgehead atoms. The van der Waals surface area contributed by atoms with Crippen molar-refractivity contribution < 1.29 is 9.53 Å². The number of hydrogen-bond acceptors (Lipinski definition) is 3. The van der Waals surface area contributed by atoms with Gasteiger partial charge in [-0.15, -0.1) is 0 Å². The summed E-state index contributed by atoms with van der Waals surface area (Å²) in [7, 11) is 0. The van der Waals surface area contributed by atoms with E-state index in [-0.39, 0.29) is 5.97 Å². The maximum atomic E-state index is 12.5. The number of nitrogens with one attached hydrogen (secondary N) is 1. The number of rotatable bonds is 4. The van der Waals surface area contributed by atoms with Crippen molar-refractivity contribution in [2.45, 2.75) is 58.2 Å². The van der Waals surface area contributed by atoms with Gasteiger partial charge in [0.25, 0.3) is 0 Å². The predicted molar refractivity (Wildman–Crippen MR) is 82.7 cm³/mol. The minimum Gasteiger partial charge on any atom is -0.460 e. The van der Waals surface area contributed by atoms with Crippen molar-refractivity contribution in [3.8, 4) is 0 Å². The lowest BCUT2D eigenvalue weighted by Crippen LogP contribution is -2.45. The van der Waals surface area contributed by atoms with Crippen LogP contribution in [0, 0.1) is 11.3 Å². The normalized spacial score (nSPS) is 28.4. The molecule has 0 amide bonds. The molecule has 21 heavy (non-hydrogen) atoms. The van der Waals surface area contributed by atoms with Crippen LogP contribution in [-0.2, 0) is 16.1 Å². The molecule has 0 saturated carbocycles. The summed E-state index contributed by atoms with van der Waals surface area (Å²) in [4.78, 5) is 12.5. The molecule has 1 N–H and O–H groups in total. The zero-order valence-electron chi connectivity index (χ0n) is 13.0. The van der Waals surface area contributed by atoms with Gasteiger partial charge in [-0.25, -0.2) is 0 Å². The zero-order chi connectivity index (χ0) is 14.9. The largest absolute Gasteiger partial charge is 0.460 e. The van der Waals surface area contributed by atoms with Crippen molar-refractivity contribution in [2.24, 2.45) is 11.3 Å². The Morgan fingerprint density at radius 2 is 1.81 bits per heavy atom. The molecular weight excluding hydrogens is 262 g/mol. The van der Waals surface area contributed by atoms with Gasteiger partial charge < -0.3 is 10.1 Å². The highest BCUT2D eigenvalue weighted by atomic mass is 16.5. The lowest BCUT2D eigenvalue weighted by atomic mass is 9.72. The van der Waals surface area contributed by atoms with E-state index in [4.69, 9.17) is 4.74 Å². The fourth-order valence-corrected chi connectivity index (χ4v) is 3.72. The van der Waals surface area contributed by atoms with Gasteiger partial charge in [-0.2, -0.15) is 0 Å². The highest BCUT2D eigenvalue weighted by Crippen LogP contribution is 2.42. The summed E-state index contributed by atoms with van der Waals surface area (Å²) in [6.45, 7) is 4.48. The van der Waals surface area contributed by atoms with Crippen LogP contribution in [0.1, 0.15) is 45.1 Å². The lowest BCUT2D eigenvalue weighted by molar-refractivity contribution is -0.159. The molecule has 0 spiro atoms. The zero-order valence-corrected chi connectivity index (χ0v) is 13.0. The van der Waals surface area contributed by atoms with Crippen LogP contribution in [-0.4, -0.2) is 18.1 Å². The van der Waals surface area contributed by atoms with Gasteiger partial charge in [0.2, 0.25) is 0 Å². The predicted octanol–water partition coefficient (Wildman–Crippen LogP) is 3.29. The van der Waals surface area contributed by atoms with Gasteiger partial charge in [-0.05, 0) is 51.0 Å². The minimum atomic E-state index is -0.391. The molecule has 2 heterocycles. The topological polar surface area (TPSA) is 38.3 Å². The quantitative estimate of drug-likeness (QED) is 0.864. The molecule has 2 aliphatic heterocycles. The molecule has 0 aliphatic carbocycles. The molecule has 2 unspecified atom stereocenters. The van der Waals surface area contributed by atoms with E-state index in [0.717, 1.165) is 18.4 Å². The molecule has 0 aromatic heterocycles. The number of hydrogen-bond donors (Lipinski definition) is 1. The van der Waals surface area contributed by atoms with Crippen LogP contribution in [0.15, 0.2) is 30.3 Å². The molecule has 3 nitrogen and oxygen atoms in total. The van der Waals surface area contributed by atoms with E-state index in [1.807, 2.05) is 30.3 Å². The van der Waals surface area contributed by atoms with E-state index in [9.17, 15) is 4.79 Å². The molecule has 0 radical (unpaired) electrons. The van der Waals surface area contributed by atoms with Crippen molar-refractivity contribution in [1.82, 2.24) is 5.32 Å². The molecule has 3 rings (SSSR count). The number of benzene rings is 1. The summed E-state index contributed by atoms with van der Waals surface area (Å²) in [5, 5.41) is 3.64. The molecule has 3 heteroatoms. The highest BCUT2D eigenvalue weighted by molar-refractivity contribution is 5.76. The maximum absolute atomic E-state index is 12.5. The van der Waals surface area contributed by atoms with Crippen molar-refractivity contribution in [3.05, 3.63) is 35.9 Å². The van der Waals surface area contributed by atoms with Crippen molar-refractivity contribution in [2.75, 3.05) is 0 Å². The van der Waals surface area contributed by atoms with Gasteiger partial charge in [0.15, 0.2) is 0 Å². The fraction of sp³-hybridized carbons (Fsp3) is 0.611. The van der Waals surface area contributed by atoms with Gasteiger partial charge >= 0.3 is 5.97 Å². The molecule has 2 aliphatic rings. The second-order valence-corrected chi connectivity index (χ2v) is 7.09. The number of carbonyl (C=O) groups excluding carboxylic acids is 1. The van der Waals surface area contributed by atoms with E-state index < -0.39 is 5.41 Å². The Kier molecular flexibility index (Phi) is 4.03. The van der Waals surface area contributed by atoms with Crippen LogP contribution in [0.5, 0.6) is 0 Å². The van der Waals surface area contributed by atoms with Crippen LogP contribution in [0.25, 0.3) is 0 Å². The van der Waals surface area contributed by atoms with Gasteiger partial charge in [-0.3, -0.25) is 4.79 Å². The van der Waals surface area contributed by atoms with E-state index in [1.165, 1.54) is 12.8 Å². The number of fused-ring (bicyclic) bond motifs is 2. The van der Waals surface area contributed by atoms with Gasteiger partial charge in [0.05, 0.1) is 5.41 Å². The SMILES string of the molecule is CC(C)(C(=O)OCc1ccccc1)C1CC2CCC(C1)N2. The van der Waals surface area contributed by atoms with Crippen LogP contribution in [0.3, 0.4) is 0 Å². The standard InChI is InChI=1S/C18H25NO2/c1-18(2,14-10-15-8-9-16(11-14)19-15)17(20)21-12-13-6-4-3-5-7-13/h3-7,14-16,19H,8-12H2,1-2H3. The third-order valence-electron chi connectivity index (χ3n) is 5.23. The van der Waals surface area contributed by atoms with Gasteiger partial charge in [-0.1, -0.05) is 30.3 Å². The van der Waals surface area contributed by atoms with Crippen LogP contribution >= 0.6 is 0 Å². The third kappa shape index (κ3) is 3.13. The second kappa shape index (κ2) is 5.80. The Bertz CT molecular complexity index is 485. The Hall–Kier alpha value is -1.35. The Morgan fingerprint density at radius 3 is 2.43 bits per heavy atom. The fourth-order valence-electron chi connectivity index (χ4n) is 3.72. The van der Waals surface area contributed by atoms with Gasteiger partial charge in [0, 0.05) is 12.1 Å². The van der Waals surface area contributed by atoms with Crippen LogP contribution < -0.4 is 5.32 Å². The summed E-state index contributed by atoms with van der Waals surface area (Å²) in [6.07, 6.45) is 4.72. The summed E-state index contributed by atoms with van der Waals surface area (Å²) >= 11 is 0. The first kappa shape index (κ1) is 14.6. The van der Waals surface area contributed by atoms with Crippen LogP contribution in [0.4, 0.5) is 0 Å². The third-order valence-corrected chi connectivity index (χ3v) is 5.23. The van der Waals surface area contributed by atoms with Crippen molar-refractivity contribution in [3.63, 3.8) is 0 Å². The van der Waals surface area contributed by atoms with Crippen molar-refractivity contribution >= 4 is 5.97 Å².